The number of piperidine rings is 1. The Morgan fingerprint density at radius 2 is 2.30 bits per heavy atom. The molecule has 4 heterocycles. The second kappa shape index (κ2) is 6.49. The van der Waals surface area contributed by atoms with Gasteiger partial charge in [0.25, 0.3) is 5.91 Å². The molecule has 5 nitrogen and oxygen atoms in total. The molecule has 1 spiro atoms. The lowest BCUT2D eigenvalue weighted by atomic mass is 9.79. The maximum Gasteiger partial charge on any atom is 0.251 e. The molecule has 3 aliphatic rings. The molecule has 0 bridgehead atoms. The van der Waals surface area contributed by atoms with Crippen molar-refractivity contribution in [2.45, 2.75) is 44.8 Å². The van der Waals surface area contributed by atoms with E-state index in [1.165, 1.54) is 17.8 Å². The van der Waals surface area contributed by atoms with Gasteiger partial charge in [-0.1, -0.05) is 0 Å². The van der Waals surface area contributed by atoms with E-state index in [1.807, 2.05) is 11.6 Å². The van der Waals surface area contributed by atoms with E-state index in [4.69, 9.17) is 4.74 Å². The summed E-state index contributed by atoms with van der Waals surface area (Å²) in [5.41, 5.74) is 0.295. The maximum absolute atomic E-state index is 12.6. The fraction of sp³-hybridized carbons (Fsp3) is 0.765. The van der Waals surface area contributed by atoms with E-state index in [2.05, 4.69) is 14.8 Å². The van der Waals surface area contributed by atoms with Gasteiger partial charge in [0.2, 0.25) is 0 Å². The number of likely N-dealkylation sites (tertiary alicyclic amines) is 2. The lowest BCUT2D eigenvalue weighted by molar-refractivity contribution is -0.140. The van der Waals surface area contributed by atoms with Crippen molar-refractivity contribution < 1.29 is 9.53 Å². The quantitative estimate of drug-likeness (QED) is 0.849. The molecule has 4 rings (SSSR count). The zero-order valence-electron chi connectivity index (χ0n) is 13.6. The lowest BCUT2D eigenvalue weighted by Crippen LogP contribution is -2.46. The smallest absolute Gasteiger partial charge is 0.251 e. The summed E-state index contributed by atoms with van der Waals surface area (Å²) in [5, 5.41) is 3.25. The summed E-state index contributed by atoms with van der Waals surface area (Å²) in [6, 6.07) is 0. The Morgan fingerprint density at radius 1 is 1.35 bits per heavy atom. The van der Waals surface area contributed by atoms with E-state index < -0.39 is 0 Å². The van der Waals surface area contributed by atoms with Crippen molar-refractivity contribution in [3.8, 4) is 0 Å². The third-order valence-electron chi connectivity index (χ3n) is 5.54. The van der Waals surface area contributed by atoms with Crippen molar-refractivity contribution in [1.29, 1.82) is 0 Å². The lowest BCUT2D eigenvalue weighted by Gasteiger charge is -2.40. The molecule has 3 aliphatic heterocycles. The molecule has 0 unspecified atom stereocenters. The van der Waals surface area contributed by atoms with Crippen LogP contribution in [0.1, 0.15) is 37.1 Å². The largest absolute Gasteiger partial charge is 0.368 e. The normalized spacial score (nSPS) is 32.0. The van der Waals surface area contributed by atoms with Crippen LogP contribution in [0, 0.1) is 5.41 Å². The molecule has 2 atom stereocenters. The molecule has 23 heavy (non-hydrogen) atoms. The zero-order valence-corrected chi connectivity index (χ0v) is 14.4. The zero-order chi connectivity index (χ0) is 15.7. The Labute approximate surface area is 141 Å². The molecule has 0 aromatic carbocycles. The second-order valence-corrected chi connectivity index (χ2v) is 8.23. The van der Waals surface area contributed by atoms with E-state index in [1.54, 1.807) is 11.3 Å². The van der Waals surface area contributed by atoms with Crippen molar-refractivity contribution in [3.63, 3.8) is 0 Å². The van der Waals surface area contributed by atoms with Crippen LogP contribution in [0.4, 0.5) is 0 Å². The predicted molar refractivity (Wildman–Crippen MR) is 89.2 cm³/mol. The minimum absolute atomic E-state index is 0.167. The van der Waals surface area contributed by atoms with E-state index >= 15 is 0 Å². The van der Waals surface area contributed by atoms with Crippen LogP contribution in [0.25, 0.3) is 0 Å². The number of nitrogens with zero attached hydrogens (tertiary/aromatic N) is 3. The SMILES string of the molecule is O=C([C@@H]1CCCO1)N1CC[C@]2(CCCN(Cc3nccs3)C2)C1. The van der Waals surface area contributed by atoms with Crippen LogP contribution < -0.4 is 0 Å². The molecule has 0 saturated carbocycles. The number of thiazole rings is 1. The molecule has 0 N–H and O–H groups in total. The third kappa shape index (κ3) is 3.30. The highest BCUT2D eigenvalue weighted by Crippen LogP contribution is 2.40. The Morgan fingerprint density at radius 3 is 3.09 bits per heavy atom. The van der Waals surface area contributed by atoms with Gasteiger partial charge in [0.15, 0.2) is 0 Å². The Balaban J connectivity index is 1.37. The molecule has 1 aromatic rings. The van der Waals surface area contributed by atoms with Crippen LogP contribution >= 0.6 is 11.3 Å². The van der Waals surface area contributed by atoms with Gasteiger partial charge < -0.3 is 9.64 Å². The van der Waals surface area contributed by atoms with E-state index in [0.29, 0.717) is 5.41 Å². The summed E-state index contributed by atoms with van der Waals surface area (Å²) in [6.45, 7) is 5.78. The summed E-state index contributed by atoms with van der Waals surface area (Å²) < 4.78 is 5.59. The first-order valence-corrected chi connectivity index (χ1v) is 9.63. The number of rotatable bonds is 3. The van der Waals surface area contributed by atoms with Crippen LogP contribution in [-0.2, 0) is 16.1 Å². The highest BCUT2D eigenvalue weighted by atomic mass is 32.1. The van der Waals surface area contributed by atoms with Gasteiger partial charge in [-0.3, -0.25) is 9.69 Å². The standard InChI is InChI=1S/C17H25N3O2S/c21-16(14-3-1-9-22-14)20-8-5-17(13-20)4-2-7-19(12-17)11-15-18-6-10-23-15/h6,10,14H,1-5,7-9,11-13H2/t14-,17-/m0/s1. The van der Waals surface area contributed by atoms with Gasteiger partial charge in [0, 0.05) is 43.2 Å². The number of ether oxygens (including phenoxy) is 1. The van der Waals surface area contributed by atoms with Gasteiger partial charge >= 0.3 is 0 Å². The summed E-state index contributed by atoms with van der Waals surface area (Å²) in [7, 11) is 0. The number of carbonyl (C=O) groups excluding carboxylic acids is 1. The molecule has 126 valence electrons. The van der Waals surface area contributed by atoms with Crippen LogP contribution in [0.2, 0.25) is 0 Å². The Kier molecular flexibility index (Phi) is 4.39. The van der Waals surface area contributed by atoms with Crippen LogP contribution in [-0.4, -0.2) is 59.6 Å². The fourth-order valence-corrected chi connectivity index (χ4v) is 5.06. The van der Waals surface area contributed by atoms with Crippen LogP contribution in [0.5, 0.6) is 0 Å². The third-order valence-corrected chi connectivity index (χ3v) is 6.30. The monoisotopic (exact) mass is 335 g/mol. The van der Waals surface area contributed by atoms with Crippen molar-refractivity contribution in [1.82, 2.24) is 14.8 Å². The number of hydrogen-bond donors (Lipinski definition) is 0. The minimum Gasteiger partial charge on any atom is -0.368 e. The van der Waals surface area contributed by atoms with Crippen LogP contribution in [0.15, 0.2) is 11.6 Å². The predicted octanol–water partition coefficient (Wildman–Crippen LogP) is 2.14. The van der Waals surface area contributed by atoms with Gasteiger partial charge in [0.05, 0.1) is 6.54 Å². The van der Waals surface area contributed by atoms with Crippen molar-refractivity contribution in [3.05, 3.63) is 16.6 Å². The van der Waals surface area contributed by atoms with E-state index in [9.17, 15) is 4.79 Å². The average molecular weight is 335 g/mol. The second-order valence-electron chi connectivity index (χ2n) is 7.25. The summed E-state index contributed by atoms with van der Waals surface area (Å²) in [6.07, 6.45) is 7.26. The number of carbonyl (C=O) groups is 1. The van der Waals surface area contributed by atoms with Crippen molar-refractivity contribution in [2.75, 3.05) is 32.8 Å². The number of hydrogen-bond acceptors (Lipinski definition) is 5. The first kappa shape index (κ1) is 15.5. The van der Waals surface area contributed by atoms with E-state index in [0.717, 1.165) is 58.6 Å². The highest BCUT2D eigenvalue weighted by molar-refractivity contribution is 7.09. The molecule has 1 amide bonds. The molecular formula is C17H25N3O2S. The number of amides is 1. The fourth-order valence-electron chi connectivity index (χ4n) is 4.40. The molecule has 3 fully saturated rings. The van der Waals surface area contributed by atoms with Gasteiger partial charge in [-0.25, -0.2) is 4.98 Å². The molecular weight excluding hydrogens is 310 g/mol. The van der Waals surface area contributed by atoms with E-state index in [-0.39, 0.29) is 12.0 Å². The molecule has 0 radical (unpaired) electrons. The first-order chi connectivity index (χ1) is 11.2. The molecule has 0 aliphatic carbocycles. The highest BCUT2D eigenvalue weighted by Gasteiger charge is 2.44. The summed E-state index contributed by atoms with van der Waals surface area (Å²) in [5.74, 6) is 0.233. The molecule has 6 heteroatoms. The van der Waals surface area contributed by atoms with Crippen molar-refractivity contribution >= 4 is 17.2 Å². The minimum atomic E-state index is -0.167. The summed E-state index contributed by atoms with van der Waals surface area (Å²) >= 11 is 1.74. The van der Waals surface area contributed by atoms with Crippen molar-refractivity contribution in [2.24, 2.45) is 5.41 Å². The Hall–Kier alpha value is -0.980. The summed E-state index contributed by atoms with van der Waals surface area (Å²) in [4.78, 5) is 21.6. The molecule has 1 aromatic heterocycles. The first-order valence-electron chi connectivity index (χ1n) is 8.75. The van der Waals surface area contributed by atoms with Gasteiger partial charge in [0.1, 0.15) is 11.1 Å². The Bertz CT molecular complexity index is 544. The van der Waals surface area contributed by atoms with Gasteiger partial charge in [-0.2, -0.15) is 0 Å². The van der Waals surface area contributed by atoms with Crippen LogP contribution in [0.3, 0.4) is 0 Å². The number of aromatic nitrogens is 1. The molecule has 3 saturated heterocycles. The average Bonchev–Trinajstić information content (AvgIpc) is 3.28. The topological polar surface area (TPSA) is 45.7 Å². The van der Waals surface area contributed by atoms with Gasteiger partial charge in [-0.05, 0) is 38.6 Å². The maximum atomic E-state index is 12.6. The van der Waals surface area contributed by atoms with Gasteiger partial charge in [-0.15, -0.1) is 11.3 Å².